The minimum atomic E-state index is -0.871. The third-order valence-electron chi connectivity index (χ3n) is 3.74. The summed E-state index contributed by atoms with van der Waals surface area (Å²) in [6, 6.07) is 12.1. The molecule has 24 heavy (non-hydrogen) atoms. The predicted octanol–water partition coefficient (Wildman–Crippen LogP) is 4.77. The molecule has 0 radical (unpaired) electrons. The molecule has 0 amide bonds. The summed E-state index contributed by atoms with van der Waals surface area (Å²) in [6.07, 6.45) is 2.00. The van der Waals surface area contributed by atoms with E-state index in [-0.39, 0.29) is 6.42 Å². The molecule has 4 nitrogen and oxygen atoms in total. The number of rotatable bonds is 7. The first-order chi connectivity index (χ1) is 11.7. The first-order valence-electron chi connectivity index (χ1n) is 8.00. The normalized spacial score (nSPS) is 10.9. The average molecular weight is 341 g/mol. The quantitative estimate of drug-likeness (QED) is 0.629. The highest BCUT2D eigenvalue weighted by molar-refractivity contribution is 7.13. The molecule has 0 fully saturated rings. The van der Waals surface area contributed by atoms with E-state index in [0.29, 0.717) is 12.3 Å². The van der Waals surface area contributed by atoms with Gasteiger partial charge in [0.1, 0.15) is 10.8 Å². The van der Waals surface area contributed by atoms with Gasteiger partial charge in [0.05, 0.1) is 24.3 Å². The Kier molecular flexibility index (Phi) is 5.11. The van der Waals surface area contributed by atoms with Crippen molar-refractivity contribution in [1.29, 1.82) is 0 Å². The molecular formula is C19H19NO3S. The van der Waals surface area contributed by atoms with Crippen LogP contribution in [0.1, 0.15) is 25.5 Å². The third kappa shape index (κ3) is 3.57. The van der Waals surface area contributed by atoms with Crippen molar-refractivity contribution in [3.63, 3.8) is 0 Å². The smallest absolute Gasteiger partial charge is 0.309 e. The van der Waals surface area contributed by atoms with Gasteiger partial charge in [0, 0.05) is 5.38 Å². The highest BCUT2D eigenvalue weighted by Gasteiger charge is 2.15. The topological polar surface area (TPSA) is 59.4 Å². The Morgan fingerprint density at radius 3 is 2.88 bits per heavy atom. The van der Waals surface area contributed by atoms with Crippen molar-refractivity contribution in [3.05, 3.63) is 47.5 Å². The van der Waals surface area contributed by atoms with Crippen molar-refractivity contribution in [2.75, 3.05) is 6.61 Å². The lowest BCUT2D eigenvalue weighted by Gasteiger charge is -2.12. The van der Waals surface area contributed by atoms with Crippen LogP contribution in [0.25, 0.3) is 21.3 Å². The zero-order valence-electron chi connectivity index (χ0n) is 13.5. The molecule has 0 aliphatic rings. The van der Waals surface area contributed by atoms with Crippen molar-refractivity contribution in [3.8, 4) is 16.3 Å². The number of thiazole rings is 1. The highest BCUT2D eigenvalue weighted by atomic mass is 32.1. The van der Waals surface area contributed by atoms with E-state index in [0.717, 1.165) is 39.9 Å². The number of benzene rings is 2. The van der Waals surface area contributed by atoms with E-state index < -0.39 is 5.97 Å². The summed E-state index contributed by atoms with van der Waals surface area (Å²) >= 11 is 1.46. The van der Waals surface area contributed by atoms with E-state index in [1.807, 2.05) is 24.3 Å². The summed E-state index contributed by atoms with van der Waals surface area (Å²) < 4.78 is 5.98. The molecule has 0 saturated carbocycles. The zero-order chi connectivity index (χ0) is 16.9. The Bertz CT molecular complexity index is 857. The van der Waals surface area contributed by atoms with Crippen LogP contribution < -0.4 is 4.74 Å². The van der Waals surface area contributed by atoms with Crippen LogP contribution in [0.5, 0.6) is 5.75 Å². The number of hydrogen-bond acceptors (Lipinski definition) is 4. The average Bonchev–Trinajstić information content (AvgIpc) is 3.02. The maximum atomic E-state index is 10.9. The number of aromatic nitrogens is 1. The number of unbranched alkanes of at least 4 members (excludes halogenated alkanes) is 1. The summed E-state index contributed by atoms with van der Waals surface area (Å²) in [5.41, 5.74) is 1.53. The van der Waals surface area contributed by atoms with Crippen LogP contribution in [-0.2, 0) is 11.2 Å². The van der Waals surface area contributed by atoms with Gasteiger partial charge < -0.3 is 9.84 Å². The Morgan fingerprint density at radius 1 is 1.25 bits per heavy atom. The molecule has 0 saturated heterocycles. The van der Waals surface area contributed by atoms with E-state index in [1.165, 1.54) is 11.3 Å². The fourth-order valence-corrected chi connectivity index (χ4v) is 3.46. The second kappa shape index (κ2) is 7.45. The van der Waals surface area contributed by atoms with Gasteiger partial charge in [0.15, 0.2) is 0 Å². The number of carboxylic acid groups (broad SMARTS) is 1. The number of hydrogen-bond donors (Lipinski definition) is 1. The Labute approximate surface area is 144 Å². The lowest BCUT2D eigenvalue weighted by Crippen LogP contribution is -2.01. The van der Waals surface area contributed by atoms with Gasteiger partial charge in [-0.1, -0.05) is 43.7 Å². The number of ether oxygens (including phenoxy) is 1. The Balaban J connectivity index is 2.06. The van der Waals surface area contributed by atoms with E-state index >= 15 is 0 Å². The number of nitrogens with zero attached hydrogens (tertiary/aromatic N) is 1. The van der Waals surface area contributed by atoms with Crippen molar-refractivity contribution in [2.24, 2.45) is 0 Å². The summed E-state index contributed by atoms with van der Waals surface area (Å²) in [4.78, 5) is 15.4. The zero-order valence-corrected chi connectivity index (χ0v) is 14.3. The molecule has 0 atom stereocenters. The predicted molar refractivity (Wildman–Crippen MR) is 96.8 cm³/mol. The fraction of sp³-hybridized carbons (Fsp3) is 0.263. The second-order valence-electron chi connectivity index (χ2n) is 5.58. The Morgan fingerprint density at radius 2 is 2.08 bits per heavy atom. The van der Waals surface area contributed by atoms with Crippen LogP contribution in [0.15, 0.2) is 41.8 Å². The third-order valence-corrected chi connectivity index (χ3v) is 4.65. The Hall–Kier alpha value is -2.40. The molecule has 0 bridgehead atoms. The summed E-state index contributed by atoms with van der Waals surface area (Å²) in [6.45, 7) is 2.79. The van der Waals surface area contributed by atoms with Gasteiger partial charge in [-0.05, 0) is 23.3 Å². The van der Waals surface area contributed by atoms with Crippen LogP contribution in [0.2, 0.25) is 0 Å². The van der Waals surface area contributed by atoms with Gasteiger partial charge in [0.25, 0.3) is 0 Å². The summed E-state index contributed by atoms with van der Waals surface area (Å²) in [7, 11) is 0. The molecule has 0 aliphatic heterocycles. The fourth-order valence-electron chi connectivity index (χ4n) is 2.58. The van der Waals surface area contributed by atoms with Crippen molar-refractivity contribution < 1.29 is 14.6 Å². The van der Waals surface area contributed by atoms with Gasteiger partial charge in [-0.25, -0.2) is 4.98 Å². The molecule has 0 unspecified atom stereocenters. The van der Waals surface area contributed by atoms with Gasteiger partial charge >= 0.3 is 5.97 Å². The van der Waals surface area contributed by atoms with Crippen LogP contribution in [-0.4, -0.2) is 22.7 Å². The molecule has 5 heteroatoms. The SMILES string of the molecule is CCCCOc1ccc2ccccc2c1-c1nc(CC(=O)O)cs1. The van der Waals surface area contributed by atoms with E-state index in [4.69, 9.17) is 9.84 Å². The van der Waals surface area contributed by atoms with Gasteiger partial charge in [-0.3, -0.25) is 4.79 Å². The van der Waals surface area contributed by atoms with Crippen molar-refractivity contribution in [1.82, 2.24) is 4.98 Å². The molecule has 3 rings (SSSR count). The molecule has 2 aromatic carbocycles. The summed E-state index contributed by atoms with van der Waals surface area (Å²) in [5.74, 6) is -0.0671. The van der Waals surface area contributed by atoms with Crippen LogP contribution in [0.3, 0.4) is 0 Å². The van der Waals surface area contributed by atoms with Crippen molar-refractivity contribution in [2.45, 2.75) is 26.2 Å². The standard InChI is InChI=1S/C19H19NO3S/c1-2-3-10-23-16-9-8-13-6-4-5-7-15(13)18(16)19-20-14(12-24-19)11-17(21)22/h4-9,12H,2-3,10-11H2,1H3,(H,21,22). The maximum Gasteiger partial charge on any atom is 0.309 e. The molecule has 1 N–H and O–H groups in total. The minimum Gasteiger partial charge on any atom is -0.493 e. The van der Waals surface area contributed by atoms with Gasteiger partial charge in [-0.15, -0.1) is 11.3 Å². The number of fused-ring (bicyclic) bond motifs is 1. The second-order valence-corrected chi connectivity index (χ2v) is 6.43. The highest BCUT2D eigenvalue weighted by Crippen LogP contribution is 2.38. The van der Waals surface area contributed by atoms with Crippen molar-refractivity contribution >= 4 is 28.1 Å². The van der Waals surface area contributed by atoms with E-state index in [9.17, 15) is 4.79 Å². The largest absolute Gasteiger partial charge is 0.493 e. The number of carboxylic acids is 1. The molecule has 0 aliphatic carbocycles. The minimum absolute atomic E-state index is 0.0622. The number of carbonyl (C=O) groups is 1. The monoisotopic (exact) mass is 341 g/mol. The lowest BCUT2D eigenvalue weighted by molar-refractivity contribution is -0.136. The lowest BCUT2D eigenvalue weighted by atomic mass is 10.0. The first kappa shape index (κ1) is 16.5. The molecule has 1 aromatic heterocycles. The molecular weight excluding hydrogens is 322 g/mol. The van der Waals surface area contributed by atoms with Gasteiger partial charge in [0.2, 0.25) is 0 Å². The molecule has 124 valence electrons. The maximum absolute atomic E-state index is 10.9. The number of aliphatic carboxylic acids is 1. The van der Waals surface area contributed by atoms with Gasteiger partial charge in [-0.2, -0.15) is 0 Å². The molecule has 3 aromatic rings. The first-order valence-corrected chi connectivity index (χ1v) is 8.88. The van der Waals surface area contributed by atoms with Crippen LogP contribution in [0, 0.1) is 0 Å². The van der Waals surface area contributed by atoms with E-state index in [1.54, 1.807) is 5.38 Å². The summed E-state index contributed by atoms with van der Waals surface area (Å²) in [5, 5.41) is 13.8. The molecule has 0 spiro atoms. The van der Waals surface area contributed by atoms with Crippen LogP contribution in [0.4, 0.5) is 0 Å². The van der Waals surface area contributed by atoms with Crippen LogP contribution >= 0.6 is 11.3 Å². The molecule has 1 heterocycles. The van der Waals surface area contributed by atoms with E-state index in [2.05, 4.69) is 24.0 Å².